The monoisotopic (exact) mass is 527 g/mol. The summed E-state index contributed by atoms with van der Waals surface area (Å²) >= 11 is 7.36. The fourth-order valence-electron chi connectivity index (χ4n) is 5.19. The van der Waals surface area contributed by atoms with Crippen LogP contribution >= 0.6 is 23.4 Å². The fraction of sp³-hybridized carbons (Fsp3) is 0.261. The lowest BCUT2D eigenvalue weighted by Gasteiger charge is -2.34. The number of aromatic carboxylic acids is 1. The number of rotatable bonds is 4. The van der Waals surface area contributed by atoms with Gasteiger partial charge in [-0.05, 0) is 37.1 Å². The van der Waals surface area contributed by atoms with Crippen LogP contribution in [0.2, 0.25) is 5.02 Å². The summed E-state index contributed by atoms with van der Waals surface area (Å²) in [6, 6.07) is 7.85. The maximum atomic E-state index is 13.0. The minimum Gasteiger partial charge on any atom is -0.477 e. The second-order valence-electron chi connectivity index (χ2n) is 8.81. The van der Waals surface area contributed by atoms with Crippen molar-refractivity contribution < 1.29 is 14.8 Å². The number of fused-ring (bicyclic) bond motifs is 4. The van der Waals surface area contributed by atoms with Crippen LogP contribution in [0.3, 0.4) is 0 Å². The van der Waals surface area contributed by atoms with E-state index in [0.29, 0.717) is 58.4 Å². The molecule has 13 heteroatoms. The summed E-state index contributed by atoms with van der Waals surface area (Å²) in [4.78, 5) is 53.6. The summed E-state index contributed by atoms with van der Waals surface area (Å²) in [5.74, 6) is -0.902. The second kappa shape index (κ2) is 8.14. The average Bonchev–Trinajstić information content (AvgIpc) is 3.15. The van der Waals surface area contributed by atoms with E-state index >= 15 is 0 Å². The molecule has 0 spiro atoms. The summed E-state index contributed by atoms with van der Waals surface area (Å²) in [5, 5.41) is 22.5. The highest BCUT2D eigenvalue weighted by atomic mass is 35.5. The first-order valence-corrected chi connectivity index (χ1v) is 12.5. The number of nitro benzene ring substituents is 1. The molecule has 2 aromatic carbocycles. The van der Waals surface area contributed by atoms with Crippen LogP contribution < -0.4 is 16.0 Å². The zero-order valence-corrected chi connectivity index (χ0v) is 20.1. The first kappa shape index (κ1) is 22.7. The number of aromatic nitrogens is 3. The number of carboxylic acids is 1. The Balaban J connectivity index is 1.39. The molecule has 0 aliphatic carbocycles. The first-order valence-electron chi connectivity index (χ1n) is 11.1. The average molecular weight is 528 g/mol. The molecule has 6 rings (SSSR count). The third-order valence-corrected chi connectivity index (χ3v) is 8.23. The molecule has 1 saturated heterocycles. The van der Waals surface area contributed by atoms with Crippen LogP contribution in [0.15, 0.2) is 44.9 Å². The van der Waals surface area contributed by atoms with Crippen molar-refractivity contribution in [2.24, 2.45) is 0 Å². The van der Waals surface area contributed by atoms with Crippen molar-refractivity contribution in [1.82, 2.24) is 14.1 Å². The highest BCUT2D eigenvalue weighted by Gasteiger charge is 2.32. The van der Waals surface area contributed by atoms with Gasteiger partial charge in [0, 0.05) is 35.6 Å². The number of nitrogens with zero attached hydrogens (tertiary/aromatic N) is 4. The zero-order valence-electron chi connectivity index (χ0n) is 18.6. The number of hydrogen-bond acceptors (Lipinski definition) is 7. The molecular weight excluding hydrogens is 510 g/mol. The number of hydrogen-bond donors (Lipinski definition) is 2. The third kappa shape index (κ3) is 3.32. The van der Waals surface area contributed by atoms with Crippen molar-refractivity contribution in [1.29, 1.82) is 0 Å². The molecule has 2 aromatic heterocycles. The fourth-order valence-corrected chi connectivity index (χ4v) is 6.31. The quantitative estimate of drug-likeness (QED) is 0.301. The Morgan fingerprint density at radius 3 is 2.56 bits per heavy atom. The standard InChI is InChI=1S/C23H18ClN5O6S/c24-11-1-2-14-16(7-11)28(23(33)25-14)12-3-5-26(6-4-12)17-8-13-15(9-18(17)29(34)35)27-10-36-21(27)19(20(13)30)22(31)32/h1-2,7-9,12H,3-6,10H2,(H,25,33)(H,31,32). The molecule has 4 aromatic rings. The Hall–Kier alpha value is -3.77. The van der Waals surface area contributed by atoms with E-state index < -0.39 is 16.3 Å². The molecule has 11 nitrogen and oxygen atoms in total. The van der Waals surface area contributed by atoms with Crippen LogP contribution in [0.4, 0.5) is 11.4 Å². The molecule has 184 valence electrons. The number of carboxylic acid groups (broad SMARTS) is 1. The number of halogens is 1. The molecule has 0 unspecified atom stereocenters. The smallest absolute Gasteiger partial charge is 0.342 e. The maximum Gasteiger partial charge on any atom is 0.342 e. The van der Waals surface area contributed by atoms with E-state index in [-0.39, 0.29) is 34.1 Å². The summed E-state index contributed by atoms with van der Waals surface area (Å²) in [5.41, 5.74) is 0.652. The summed E-state index contributed by atoms with van der Waals surface area (Å²) in [6.07, 6.45) is 1.07. The molecule has 0 bridgehead atoms. The van der Waals surface area contributed by atoms with Crippen LogP contribution in [0.25, 0.3) is 21.9 Å². The van der Waals surface area contributed by atoms with Gasteiger partial charge in [0.2, 0.25) is 5.43 Å². The van der Waals surface area contributed by atoms with E-state index in [9.17, 15) is 29.6 Å². The van der Waals surface area contributed by atoms with E-state index in [2.05, 4.69) is 4.98 Å². The molecule has 36 heavy (non-hydrogen) atoms. The Morgan fingerprint density at radius 1 is 1.17 bits per heavy atom. The molecule has 0 atom stereocenters. The van der Waals surface area contributed by atoms with Gasteiger partial charge in [0.15, 0.2) is 0 Å². The van der Waals surface area contributed by atoms with Gasteiger partial charge in [0.1, 0.15) is 11.3 Å². The van der Waals surface area contributed by atoms with E-state index in [0.717, 1.165) is 0 Å². The lowest BCUT2D eigenvalue weighted by molar-refractivity contribution is -0.384. The van der Waals surface area contributed by atoms with Gasteiger partial charge in [-0.1, -0.05) is 23.4 Å². The van der Waals surface area contributed by atoms with Gasteiger partial charge in [-0.15, -0.1) is 0 Å². The SMILES string of the molecule is O=C(O)c1c2n(c3cc([N+](=O)[O-])c(N4CCC(n5c(=O)[nH]c6ccc(Cl)cc65)CC4)cc3c1=O)CS2. The van der Waals surface area contributed by atoms with Crippen LogP contribution in [0, 0.1) is 10.1 Å². The highest BCUT2D eigenvalue weighted by molar-refractivity contribution is 7.99. The summed E-state index contributed by atoms with van der Waals surface area (Å²) in [7, 11) is 0. The van der Waals surface area contributed by atoms with Crippen molar-refractivity contribution in [2.75, 3.05) is 18.0 Å². The van der Waals surface area contributed by atoms with Gasteiger partial charge >= 0.3 is 11.7 Å². The molecule has 2 aliphatic heterocycles. The minimum absolute atomic E-state index is 0.138. The molecule has 2 N–H and O–H groups in total. The molecule has 0 radical (unpaired) electrons. The zero-order chi connectivity index (χ0) is 25.3. The first-order chi connectivity index (χ1) is 17.2. The number of aromatic amines is 1. The highest BCUT2D eigenvalue weighted by Crippen LogP contribution is 2.41. The van der Waals surface area contributed by atoms with Crippen LogP contribution in [-0.2, 0) is 5.88 Å². The predicted octanol–water partition coefficient (Wildman–Crippen LogP) is 3.81. The lowest BCUT2D eigenvalue weighted by atomic mass is 10.0. The van der Waals surface area contributed by atoms with Crippen LogP contribution in [0.1, 0.15) is 29.2 Å². The number of anilines is 1. The Kier molecular flexibility index (Phi) is 5.12. The summed E-state index contributed by atoms with van der Waals surface area (Å²) < 4.78 is 3.30. The number of thioether (sulfide) groups is 1. The number of imidazole rings is 1. The third-order valence-electron chi connectivity index (χ3n) is 6.91. The number of nitro groups is 1. The van der Waals surface area contributed by atoms with Crippen molar-refractivity contribution in [2.45, 2.75) is 29.8 Å². The molecular formula is C23H18ClN5O6S. The van der Waals surface area contributed by atoms with Crippen molar-refractivity contribution in [3.63, 3.8) is 0 Å². The summed E-state index contributed by atoms with van der Waals surface area (Å²) in [6.45, 7) is 0.815. The van der Waals surface area contributed by atoms with Gasteiger partial charge in [-0.3, -0.25) is 19.5 Å². The topological polar surface area (TPSA) is 143 Å². The van der Waals surface area contributed by atoms with Gasteiger partial charge in [-0.2, -0.15) is 0 Å². The number of pyridine rings is 1. The van der Waals surface area contributed by atoms with E-state index in [1.165, 1.54) is 23.9 Å². The largest absolute Gasteiger partial charge is 0.477 e. The van der Waals surface area contributed by atoms with Gasteiger partial charge in [0.25, 0.3) is 5.69 Å². The second-order valence-corrected chi connectivity index (χ2v) is 10.2. The molecule has 0 saturated carbocycles. The number of H-pyrrole nitrogens is 1. The predicted molar refractivity (Wildman–Crippen MR) is 136 cm³/mol. The Labute approximate surface area is 211 Å². The van der Waals surface area contributed by atoms with Crippen LogP contribution in [0.5, 0.6) is 0 Å². The van der Waals surface area contributed by atoms with E-state index in [1.54, 1.807) is 27.3 Å². The van der Waals surface area contributed by atoms with E-state index in [4.69, 9.17) is 11.6 Å². The lowest BCUT2D eigenvalue weighted by Crippen LogP contribution is -2.37. The van der Waals surface area contributed by atoms with Crippen LogP contribution in [-0.4, -0.2) is 43.2 Å². The van der Waals surface area contributed by atoms with Crippen molar-refractivity contribution in [3.05, 3.63) is 71.7 Å². The normalized spacial score (nSPS) is 15.8. The number of nitrogens with one attached hydrogen (secondary N) is 1. The Bertz CT molecular complexity index is 1730. The van der Waals surface area contributed by atoms with Gasteiger partial charge in [-0.25, -0.2) is 9.59 Å². The number of benzene rings is 2. The number of piperidine rings is 1. The molecule has 1 fully saturated rings. The maximum absolute atomic E-state index is 13.0. The minimum atomic E-state index is -1.32. The van der Waals surface area contributed by atoms with Crippen molar-refractivity contribution in [3.8, 4) is 0 Å². The van der Waals surface area contributed by atoms with Crippen molar-refractivity contribution >= 4 is 62.6 Å². The molecule has 0 amide bonds. The molecule has 2 aliphatic rings. The number of carbonyl (C=O) groups is 1. The van der Waals surface area contributed by atoms with E-state index in [1.807, 2.05) is 4.90 Å². The van der Waals surface area contributed by atoms with Gasteiger partial charge in [0.05, 0.1) is 32.4 Å². The van der Waals surface area contributed by atoms with Gasteiger partial charge < -0.3 is 19.6 Å². The molecule has 4 heterocycles. The Morgan fingerprint density at radius 2 is 1.92 bits per heavy atom.